The van der Waals surface area contributed by atoms with Gasteiger partial charge in [0.25, 0.3) is 5.92 Å². The van der Waals surface area contributed by atoms with E-state index in [4.69, 9.17) is 15.9 Å². The molecule has 0 aliphatic carbocycles. The standard InChI is InChI=1S/C19H26F2N2OS2.CH4S/c1-18(8-9-24-16(12-18)15(22)11-17(23)25-3)26(4)14-7-5-6-13(10-14)19(2,20)21;1-2/h5-7,10-11,16,23H,4,8-9,12,22H2,1-3H3;2H,1H3/b15-11-,23-17?;. The molecular weight excluding hydrogens is 418 g/mol. The molecule has 1 aromatic rings. The number of rotatable bonds is 5. The first-order valence-electron chi connectivity index (χ1n) is 8.75. The van der Waals surface area contributed by atoms with E-state index in [1.54, 1.807) is 24.5 Å². The first-order valence-corrected chi connectivity index (χ1v) is 12.3. The average molecular weight is 449 g/mol. The highest BCUT2D eigenvalue weighted by Crippen LogP contribution is 2.47. The number of hydrogen-bond donors (Lipinski definition) is 3. The van der Waals surface area contributed by atoms with Crippen molar-refractivity contribution in [3.63, 3.8) is 0 Å². The van der Waals surface area contributed by atoms with Gasteiger partial charge in [-0.1, -0.05) is 24.9 Å². The van der Waals surface area contributed by atoms with Gasteiger partial charge >= 0.3 is 0 Å². The molecule has 2 rings (SSSR count). The Morgan fingerprint density at radius 2 is 2.14 bits per heavy atom. The zero-order valence-corrected chi connectivity index (χ0v) is 19.3. The van der Waals surface area contributed by atoms with E-state index in [2.05, 4.69) is 25.4 Å². The number of ether oxygens (including phenoxy) is 1. The van der Waals surface area contributed by atoms with Crippen molar-refractivity contribution in [2.24, 2.45) is 5.73 Å². The maximum absolute atomic E-state index is 13.7. The molecule has 1 aliphatic heterocycles. The SMILES string of the molecule is C=S(c1cccc(C(C)(F)F)c1)C1(C)CCOC(/C(N)=C/C(=N)SC)C1.CS. The summed E-state index contributed by atoms with van der Waals surface area (Å²) in [6, 6.07) is 6.55. The zero-order chi connectivity index (χ0) is 21.5. The van der Waals surface area contributed by atoms with Crippen LogP contribution in [0.25, 0.3) is 0 Å². The van der Waals surface area contributed by atoms with Gasteiger partial charge in [-0.05, 0) is 43.6 Å². The van der Waals surface area contributed by atoms with E-state index in [0.29, 0.717) is 23.8 Å². The zero-order valence-electron chi connectivity index (χ0n) is 16.8. The fourth-order valence-electron chi connectivity index (χ4n) is 2.92. The van der Waals surface area contributed by atoms with Crippen LogP contribution >= 0.6 is 34.9 Å². The third kappa shape index (κ3) is 6.61. The number of halogens is 2. The number of hydrogen-bond acceptors (Lipinski definition) is 5. The molecule has 0 aromatic heterocycles. The summed E-state index contributed by atoms with van der Waals surface area (Å²) in [4.78, 5) is 0.826. The van der Waals surface area contributed by atoms with Crippen LogP contribution in [0.2, 0.25) is 0 Å². The van der Waals surface area contributed by atoms with Crippen LogP contribution in [0.1, 0.15) is 32.3 Å². The van der Waals surface area contributed by atoms with Gasteiger partial charge in [-0.3, -0.25) is 5.41 Å². The van der Waals surface area contributed by atoms with E-state index in [0.717, 1.165) is 18.2 Å². The predicted molar refractivity (Wildman–Crippen MR) is 125 cm³/mol. The summed E-state index contributed by atoms with van der Waals surface area (Å²) < 4.78 is 32.9. The number of benzene rings is 1. The van der Waals surface area contributed by atoms with Gasteiger partial charge in [-0.15, -0.1) is 11.8 Å². The Bertz CT molecular complexity index is 734. The van der Waals surface area contributed by atoms with E-state index < -0.39 is 16.4 Å². The van der Waals surface area contributed by atoms with Crippen LogP contribution in [-0.4, -0.2) is 40.9 Å². The van der Waals surface area contributed by atoms with Crippen LogP contribution in [0.4, 0.5) is 8.78 Å². The monoisotopic (exact) mass is 448 g/mol. The number of thiol groups is 1. The van der Waals surface area contributed by atoms with Crippen molar-refractivity contribution < 1.29 is 13.5 Å². The first kappa shape index (κ1) is 25.2. The summed E-state index contributed by atoms with van der Waals surface area (Å²) in [5.41, 5.74) is 6.67. The Hall–Kier alpha value is -0.830. The second-order valence-electron chi connectivity index (χ2n) is 6.78. The fraction of sp³-hybridized carbons (Fsp3) is 0.500. The summed E-state index contributed by atoms with van der Waals surface area (Å²) in [7, 11) is -0.487. The van der Waals surface area contributed by atoms with Crippen LogP contribution in [-0.2, 0) is 10.7 Å². The fourth-order valence-corrected chi connectivity index (χ4v) is 4.94. The molecule has 8 heteroatoms. The molecule has 158 valence electrons. The molecule has 3 nitrogen and oxygen atoms in total. The van der Waals surface area contributed by atoms with Crippen molar-refractivity contribution in [1.82, 2.24) is 0 Å². The molecule has 1 saturated heterocycles. The van der Waals surface area contributed by atoms with Crippen LogP contribution in [0.15, 0.2) is 40.9 Å². The highest BCUT2D eigenvalue weighted by atomic mass is 32.2. The largest absolute Gasteiger partial charge is 0.400 e. The van der Waals surface area contributed by atoms with Crippen LogP contribution in [0.3, 0.4) is 0 Å². The van der Waals surface area contributed by atoms with Gasteiger partial charge in [0.15, 0.2) is 0 Å². The second-order valence-corrected chi connectivity index (χ2v) is 9.87. The third-order valence-corrected chi connectivity index (χ3v) is 7.62. The summed E-state index contributed by atoms with van der Waals surface area (Å²) >= 11 is 4.84. The molecule has 0 radical (unpaired) electrons. The Kier molecular flexibility index (Phi) is 9.73. The quantitative estimate of drug-likeness (QED) is 0.240. The molecule has 0 spiro atoms. The average Bonchev–Trinajstić information content (AvgIpc) is 2.68. The minimum atomic E-state index is -2.87. The van der Waals surface area contributed by atoms with Gasteiger partial charge in [0.2, 0.25) is 0 Å². The molecule has 0 bridgehead atoms. The van der Waals surface area contributed by atoms with Gasteiger partial charge < -0.3 is 10.5 Å². The number of nitrogens with one attached hydrogen (secondary N) is 1. The minimum absolute atomic E-state index is 0.0104. The molecule has 1 heterocycles. The topological polar surface area (TPSA) is 59.1 Å². The van der Waals surface area contributed by atoms with E-state index >= 15 is 0 Å². The van der Waals surface area contributed by atoms with Crippen molar-refractivity contribution in [2.45, 2.75) is 48.4 Å². The molecule has 1 aliphatic rings. The third-order valence-electron chi connectivity index (χ3n) is 4.68. The van der Waals surface area contributed by atoms with Gasteiger partial charge in [-0.2, -0.15) is 23.1 Å². The Labute approximate surface area is 179 Å². The molecule has 0 amide bonds. The molecule has 3 unspecified atom stereocenters. The molecule has 3 N–H and O–H groups in total. The number of nitrogens with two attached hydrogens (primary N) is 1. The van der Waals surface area contributed by atoms with Crippen molar-refractivity contribution in [3.05, 3.63) is 41.6 Å². The Morgan fingerprint density at radius 1 is 1.50 bits per heavy atom. The lowest BCUT2D eigenvalue weighted by molar-refractivity contribution is 0.0171. The highest BCUT2D eigenvalue weighted by molar-refractivity contribution is 8.15. The van der Waals surface area contributed by atoms with Crippen molar-refractivity contribution in [1.29, 1.82) is 5.41 Å². The summed E-state index contributed by atoms with van der Waals surface area (Å²) in [6.07, 6.45) is 6.29. The molecule has 1 fully saturated rings. The normalized spacial score (nSPS) is 24.1. The number of thioether (sulfide) groups is 1. The van der Waals surface area contributed by atoms with E-state index in [1.165, 1.54) is 17.8 Å². The Balaban J connectivity index is 0.00000190. The number of alkyl halides is 2. The Morgan fingerprint density at radius 3 is 2.71 bits per heavy atom. The van der Waals surface area contributed by atoms with Gasteiger partial charge in [0.05, 0.1) is 11.1 Å². The van der Waals surface area contributed by atoms with Gasteiger partial charge in [0.1, 0.15) is 0 Å². The van der Waals surface area contributed by atoms with Crippen molar-refractivity contribution >= 4 is 45.8 Å². The van der Waals surface area contributed by atoms with Crippen molar-refractivity contribution in [2.75, 3.05) is 19.1 Å². The minimum Gasteiger partial charge on any atom is -0.400 e. The van der Waals surface area contributed by atoms with E-state index in [-0.39, 0.29) is 16.4 Å². The lowest BCUT2D eigenvalue weighted by atomic mass is 9.95. The van der Waals surface area contributed by atoms with Gasteiger partial charge in [-0.25, -0.2) is 8.78 Å². The van der Waals surface area contributed by atoms with Gasteiger partial charge in [0, 0.05) is 34.4 Å². The van der Waals surface area contributed by atoms with E-state index in [9.17, 15) is 8.78 Å². The van der Waals surface area contributed by atoms with Crippen molar-refractivity contribution in [3.8, 4) is 0 Å². The highest BCUT2D eigenvalue weighted by Gasteiger charge is 2.37. The molecule has 1 aromatic carbocycles. The molecule has 28 heavy (non-hydrogen) atoms. The molecule has 0 saturated carbocycles. The molecular formula is C20H30F2N2OS3. The second kappa shape index (κ2) is 10.8. The first-order chi connectivity index (χ1) is 13.1. The lowest BCUT2D eigenvalue weighted by Gasteiger charge is -2.40. The van der Waals surface area contributed by atoms with Crippen LogP contribution < -0.4 is 5.73 Å². The summed E-state index contributed by atoms with van der Waals surface area (Å²) in [6.45, 7) is 3.55. The predicted octanol–water partition coefficient (Wildman–Crippen LogP) is 5.52. The lowest BCUT2D eigenvalue weighted by Crippen LogP contribution is -2.39. The maximum Gasteiger partial charge on any atom is 0.270 e. The maximum atomic E-state index is 13.7. The van der Waals surface area contributed by atoms with Crippen LogP contribution in [0, 0.1) is 5.41 Å². The molecule has 3 atom stereocenters. The smallest absolute Gasteiger partial charge is 0.270 e. The van der Waals surface area contributed by atoms with E-state index in [1.807, 2.05) is 12.3 Å². The van der Waals surface area contributed by atoms with Crippen LogP contribution in [0.5, 0.6) is 0 Å². The summed E-state index contributed by atoms with van der Waals surface area (Å²) in [5.74, 6) is 1.45. The summed E-state index contributed by atoms with van der Waals surface area (Å²) in [5, 5.41) is 8.14.